The van der Waals surface area contributed by atoms with Gasteiger partial charge >= 0.3 is 6.18 Å². The molecule has 2 aromatic rings. The van der Waals surface area contributed by atoms with Gasteiger partial charge < -0.3 is 0 Å². The van der Waals surface area contributed by atoms with Crippen LogP contribution in [0.4, 0.5) is 13.2 Å². The zero-order chi connectivity index (χ0) is 17.3. The highest BCUT2D eigenvalue weighted by atomic mass is 35.5. The molecule has 0 saturated carbocycles. The van der Waals surface area contributed by atoms with Gasteiger partial charge in [0, 0.05) is 17.0 Å². The van der Waals surface area contributed by atoms with Crippen LogP contribution in [0.3, 0.4) is 0 Å². The van der Waals surface area contributed by atoms with Crippen molar-refractivity contribution in [1.29, 1.82) is 0 Å². The van der Waals surface area contributed by atoms with Crippen molar-refractivity contribution in [2.75, 3.05) is 0 Å². The Kier molecular flexibility index (Phi) is 4.55. The summed E-state index contributed by atoms with van der Waals surface area (Å²) in [6, 6.07) is 13.1. The van der Waals surface area contributed by atoms with E-state index in [1.807, 2.05) is 43.7 Å². The Balaban J connectivity index is 2.03. The van der Waals surface area contributed by atoms with E-state index in [0.717, 1.165) is 34.4 Å². The molecule has 123 valence electrons. The van der Waals surface area contributed by atoms with E-state index in [4.69, 9.17) is 11.6 Å². The fraction of sp³-hybridized carbons (Fsp3) is 0.150. The number of halogens is 4. The Labute approximate surface area is 144 Å². The number of rotatable bonds is 2. The van der Waals surface area contributed by atoms with Gasteiger partial charge in [0.1, 0.15) is 0 Å². The molecule has 1 aliphatic rings. The van der Waals surface area contributed by atoms with Crippen molar-refractivity contribution in [3.63, 3.8) is 0 Å². The van der Waals surface area contributed by atoms with Crippen LogP contribution >= 0.6 is 11.6 Å². The summed E-state index contributed by atoms with van der Waals surface area (Å²) in [5.74, 6) is 0. The van der Waals surface area contributed by atoms with Crippen molar-refractivity contribution in [3.05, 3.63) is 88.3 Å². The van der Waals surface area contributed by atoms with Crippen LogP contribution in [0, 0.1) is 13.3 Å². The maximum atomic E-state index is 12.8. The molecule has 1 aliphatic carbocycles. The quantitative estimate of drug-likeness (QED) is 0.570. The molecule has 0 heterocycles. The van der Waals surface area contributed by atoms with Crippen molar-refractivity contribution in [2.45, 2.75) is 19.5 Å². The summed E-state index contributed by atoms with van der Waals surface area (Å²) < 4.78 is 38.3. The normalized spacial score (nSPS) is 15.5. The standard InChI is InChI=1S/C20H15ClF3/c1-13-5-7-14(8-6-13)17-3-2-4-18(21)19(17)15-9-11-16(12-10-15)20(22,23)24/h3-12H,2H2,1H3. The van der Waals surface area contributed by atoms with E-state index in [0.29, 0.717) is 17.0 Å². The summed E-state index contributed by atoms with van der Waals surface area (Å²) in [5, 5.41) is 0.563. The molecule has 0 aromatic heterocycles. The van der Waals surface area contributed by atoms with Gasteiger partial charge in [-0.1, -0.05) is 59.6 Å². The van der Waals surface area contributed by atoms with Crippen LogP contribution in [0.1, 0.15) is 28.7 Å². The van der Waals surface area contributed by atoms with E-state index < -0.39 is 11.7 Å². The van der Waals surface area contributed by atoms with Crippen molar-refractivity contribution in [3.8, 4) is 0 Å². The Morgan fingerprint density at radius 3 is 2.04 bits per heavy atom. The second kappa shape index (κ2) is 6.48. The first-order valence-corrected chi connectivity index (χ1v) is 7.92. The third kappa shape index (κ3) is 3.41. The van der Waals surface area contributed by atoms with Gasteiger partial charge in [-0.3, -0.25) is 0 Å². The predicted molar refractivity (Wildman–Crippen MR) is 92.3 cm³/mol. The first-order valence-electron chi connectivity index (χ1n) is 7.54. The minimum absolute atomic E-state index is 0.563. The lowest BCUT2D eigenvalue weighted by atomic mass is 9.87. The van der Waals surface area contributed by atoms with Crippen LogP contribution < -0.4 is 0 Å². The molecule has 0 atom stereocenters. The number of allylic oxidation sites excluding steroid dienone is 4. The SMILES string of the molecule is Cc1ccc(C2=CC[CH]C(Cl)=C2c2ccc(C(F)(F)F)cc2)cc1. The molecule has 0 bridgehead atoms. The first-order chi connectivity index (χ1) is 11.4. The topological polar surface area (TPSA) is 0 Å². The Bertz CT molecular complexity index is 794. The Morgan fingerprint density at radius 1 is 0.875 bits per heavy atom. The third-order valence-electron chi connectivity index (χ3n) is 3.99. The number of hydrogen-bond acceptors (Lipinski definition) is 0. The lowest BCUT2D eigenvalue weighted by Crippen LogP contribution is -2.05. The highest BCUT2D eigenvalue weighted by Crippen LogP contribution is 2.41. The third-order valence-corrected chi connectivity index (χ3v) is 4.33. The molecule has 0 N–H and O–H groups in total. The van der Waals surface area contributed by atoms with E-state index in [-0.39, 0.29) is 0 Å². The summed E-state index contributed by atoms with van der Waals surface area (Å²) in [4.78, 5) is 0. The molecule has 4 heteroatoms. The summed E-state index contributed by atoms with van der Waals surface area (Å²) in [6.07, 6.45) is 0.271. The van der Waals surface area contributed by atoms with Gasteiger partial charge in [-0.25, -0.2) is 0 Å². The molecule has 0 aliphatic heterocycles. The van der Waals surface area contributed by atoms with Gasteiger partial charge in [-0.15, -0.1) is 0 Å². The van der Waals surface area contributed by atoms with Crippen molar-refractivity contribution in [2.24, 2.45) is 0 Å². The first kappa shape index (κ1) is 16.8. The van der Waals surface area contributed by atoms with Crippen LogP contribution in [-0.2, 0) is 6.18 Å². The van der Waals surface area contributed by atoms with E-state index in [1.165, 1.54) is 12.1 Å². The van der Waals surface area contributed by atoms with Gasteiger partial charge in [0.15, 0.2) is 0 Å². The molecule has 1 radical (unpaired) electrons. The van der Waals surface area contributed by atoms with Crippen molar-refractivity contribution in [1.82, 2.24) is 0 Å². The second-order valence-corrected chi connectivity index (χ2v) is 6.13. The van der Waals surface area contributed by atoms with Crippen LogP contribution in [0.5, 0.6) is 0 Å². The fourth-order valence-electron chi connectivity index (χ4n) is 2.73. The maximum absolute atomic E-state index is 12.8. The van der Waals surface area contributed by atoms with Crippen LogP contribution in [0.2, 0.25) is 0 Å². The smallest absolute Gasteiger partial charge is 0.166 e. The van der Waals surface area contributed by atoms with Gasteiger partial charge in [0.2, 0.25) is 0 Å². The average Bonchev–Trinajstić information content (AvgIpc) is 2.55. The number of benzene rings is 2. The van der Waals surface area contributed by atoms with Gasteiger partial charge in [0.05, 0.1) is 5.56 Å². The molecule has 0 nitrogen and oxygen atoms in total. The Hall–Kier alpha value is -2.00. The van der Waals surface area contributed by atoms with Gasteiger partial charge in [-0.2, -0.15) is 13.2 Å². The number of hydrogen-bond donors (Lipinski definition) is 0. The summed E-state index contributed by atoms with van der Waals surface area (Å²) >= 11 is 6.38. The zero-order valence-corrected chi connectivity index (χ0v) is 13.7. The summed E-state index contributed by atoms with van der Waals surface area (Å²) in [7, 11) is 0. The molecular weight excluding hydrogens is 333 g/mol. The van der Waals surface area contributed by atoms with Crippen LogP contribution in [-0.4, -0.2) is 0 Å². The summed E-state index contributed by atoms with van der Waals surface area (Å²) in [6.45, 7) is 2.01. The highest BCUT2D eigenvalue weighted by molar-refractivity contribution is 6.37. The van der Waals surface area contributed by atoms with E-state index >= 15 is 0 Å². The van der Waals surface area contributed by atoms with Gasteiger partial charge in [0.25, 0.3) is 0 Å². The molecule has 0 spiro atoms. The average molecular weight is 348 g/mol. The summed E-state index contributed by atoms with van der Waals surface area (Å²) in [5.41, 5.74) is 3.87. The fourth-order valence-corrected chi connectivity index (χ4v) is 3.03. The minimum atomic E-state index is -4.34. The van der Waals surface area contributed by atoms with Crippen LogP contribution in [0.25, 0.3) is 11.1 Å². The monoisotopic (exact) mass is 347 g/mol. The molecule has 2 aromatic carbocycles. The molecule has 0 saturated heterocycles. The molecule has 24 heavy (non-hydrogen) atoms. The van der Waals surface area contributed by atoms with E-state index in [1.54, 1.807) is 0 Å². The number of aryl methyl sites for hydroxylation is 1. The molecule has 0 unspecified atom stereocenters. The van der Waals surface area contributed by atoms with E-state index in [2.05, 4.69) is 0 Å². The zero-order valence-electron chi connectivity index (χ0n) is 13.0. The molecular formula is C20H15ClF3. The van der Waals surface area contributed by atoms with Crippen molar-refractivity contribution >= 4 is 22.7 Å². The molecule has 0 fully saturated rings. The largest absolute Gasteiger partial charge is 0.416 e. The van der Waals surface area contributed by atoms with Crippen molar-refractivity contribution < 1.29 is 13.2 Å². The van der Waals surface area contributed by atoms with Crippen LogP contribution in [0.15, 0.2) is 59.6 Å². The predicted octanol–water partition coefficient (Wildman–Crippen LogP) is 6.66. The van der Waals surface area contributed by atoms with E-state index in [9.17, 15) is 13.2 Å². The number of alkyl halides is 3. The lowest BCUT2D eigenvalue weighted by molar-refractivity contribution is -0.137. The molecule has 3 rings (SSSR count). The Morgan fingerprint density at radius 2 is 1.46 bits per heavy atom. The van der Waals surface area contributed by atoms with Gasteiger partial charge in [-0.05, 0) is 42.2 Å². The lowest BCUT2D eigenvalue weighted by Gasteiger charge is -2.20. The maximum Gasteiger partial charge on any atom is 0.416 e. The minimum Gasteiger partial charge on any atom is -0.166 e. The molecule has 0 amide bonds. The highest BCUT2D eigenvalue weighted by Gasteiger charge is 2.30. The second-order valence-electron chi connectivity index (χ2n) is 5.72.